The van der Waals surface area contributed by atoms with Gasteiger partial charge in [0, 0.05) is 27.9 Å². The highest BCUT2D eigenvalue weighted by Gasteiger charge is 2.53. The molecule has 0 N–H and O–H groups in total. The van der Waals surface area contributed by atoms with E-state index < -0.39 is 54.2 Å². The van der Waals surface area contributed by atoms with Gasteiger partial charge in [0.1, 0.15) is 11.7 Å². The number of rotatable bonds is 10. The van der Waals surface area contributed by atoms with Crippen LogP contribution >= 0.6 is 0 Å². The zero-order valence-electron chi connectivity index (χ0n) is 23.4. The predicted octanol–water partition coefficient (Wildman–Crippen LogP) is 4.16. The third-order valence-electron chi connectivity index (χ3n) is 6.73. The molecule has 3 unspecified atom stereocenters. The Morgan fingerprint density at radius 2 is 1.02 bits per heavy atom. The van der Waals surface area contributed by atoms with E-state index in [4.69, 9.17) is 28.4 Å². The number of ether oxygens (including phenoxy) is 6. The number of carbonyl (C=O) groups is 3. The largest absolute Gasteiger partial charge is 0.456 e. The molecule has 0 amide bonds. The van der Waals surface area contributed by atoms with Gasteiger partial charge in [-0.2, -0.15) is 0 Å². The molecule has 0 radical (unpaired) electrons. The highest BCUT2D eigenvalue weighted by atomic mass is 16.7. The van der Waals surface area contributed by atoms with Crippen molar-refractivity contribution in [3.63, 3.8) is 0 Å². The van der Waals surface area contributed by atoms with Gasteiger partial charge >= 0.3 is 17.9 Å². The third kappa shape index (κ3) is 6.82. The smallest absolute Gasteiger partial charge is 0.303 e. The minimum absolute atomic E-state index is 0.124. The fourth-order valence-corrected chi connectivity index (χ4v) is 5.15. The molecule has 1 fully saturated rings. The molecule has 0 saturated carbocycles. The van der Waals surface area contributed by atoms with Crippen molar-refractivity contribution in [2.24, 2.45) is 0 Å². The van der Waals surface area contributed by atoms with Crippen LogP contribution in [-0.2, 0) is 48.4 Å². The number of carbonyl (C=O) groups excluding carboxylic acids is 3. The first-order chi connectivity index (χ1) is 19.8. The van der Waals surface area contributed by atoms with Crippen molar-refractivity contribution in [3.05, 3.63) is 108 Å². The summed E-state index contributed by atoms with van der Waals surface area (Å²) in [7, 11) is 1.37. The molecule has 1 heterocycles. The van der Waals surface area contributed by atoms with Crippen LogP contribution in [-0.4, -0.2) is 62.3 Å². The third-order valence-corrected chi connectivity index (χ3v) is 6.73. The SMILES string of the molecule is CO[C@H]1OC(COC(c2ccccc2)(c2ccccc2)c2ccccc2)[C@H](OC(C)=O)C(OC(C)=O)C1OC(C)=O. The van der Waals surface area contributed by atoms with Crippen LogP contribution in [0.4, 0.5) is 0 Å². The van der Waals surface area contributed by atoms with Crippen LogP contribution in [0.1, 0.15) is 37.5 Å². The van der Waals surface area contributed by atoms with Crippen LogP contribution in [0.3, 0.4) is 0 Å². The molecule has 41 heavy (non-hydrogen) atoms. The standard InChI is InChI=1S/C32H34O9/c1-21(33)38-28-27(41-31(36-4)30(40-23(3)35)29(28)39-22(2)34)20-37-32(24-14-8-5-9-15-24,25-16-10-6-11-17-25)26-18-12-7-13-19-26/h5-19,27-31H,20H2,1-4H3/t27?,28-,29?,30?,31-/m0/s1. The molecular formula is C32H34O9. The van der Waals surface area contributed by atoms with Crippen LogP contribution in [0.15, 0.2) is 91.0 Å². The summed E-state index contributed by atoms with van der Waals surface area (Å²) < 4.78 is 35.2. The second kappa shape index (κ2) is 13.5. The summed E-state index contributed by atoms with van der Waals surface area (Å²) in [5, 5.41) is 0. The normalized spacial score (nSPS) is 22.4. The number of benzene rings is 3. The average molecular weight is 563 g/mol. The molecule has 216 valence electrons. The molecule has 3 aromatic rings. The Balaban J connectivity index is 1.80. The van der Waals surface area contributed by atoms with Crippen molar-refractivity contribution in [1.82, 2.24) is 0 Å². The van der Waals surface area contributed by atoms with E-state index >= 15 is 0 Å². The van der Waals surface area contributed by atoms with Gasteiger partial charge in [-0.05, 0) is 16.7 Å². The predicted molar refractivity (Wildman–Crippen MR) is 147 cm³/mol. The molecule has 3 aromatic carbocycles. The van der Waals surface area contributed by atoms with Crippen LogP contribution in [0, 0.1) is 0 Å². The van der Waals surface area contributed by atoms with Gasteiger partial charge < -0.3 is 28.4 Å². The number of hydrogen-bond donors (Lipinski definition) is 0. The van der Waals surface area contributed by atoms with E-state index in [0.29, 0.717) is 0 Å². The fourth-order valence-electron chi connectivity index (χ4n) is 5.15. The monoisotopic (exact) mass is 562 g/mol. The van der Waals surface area contributed by atoms with Crippen molar-refractivity contribution >= 4 is 17.9 Å². The second-order valence-electron chi connectivity index (χ2n) is 9.59. The van der Waals surface area contributed by atoms with Gasteiger partial charge in [-0.3, -0.25) is 14.4 Å². The van der Waals surface area contributed by atoms with Crippen molar-refractivity contribution in [2.75, 3.05) is 13.7 Å². The van der Waals surface area contributed by atoms with Crippen molar-refractivity contribution in [3.8, 4) is 0 Å². The zero-order chi connectivity index (χ0) is 29.4. The first-order valence-corrected chi connectivity index (χ1v) is 13.3. The molecule has 1 aliphatic rings. The summed E-state index contributed by atoms with van der Waals surface area (Å²) in [6, 6.07) is 29.2. The van der Waals surface area contributed by atoms with E-state index in [1.165, 1.54) is 27.9 Å². The fraction of sp³-hybridized carbons (Fsp3) is 0.344. The number of methoxy groups -OCH3 is 1. The molecule has 1 saturated heterocycles. The van der Waals surface area contributed by atoms with Gasteiger partial charge in [0.05, 0.1) is 6.61 Å². The summed E-state index contributed by atoms with van der Waals surface area (Å²) in [6.45, 7) is 3.53. The van der Waals surface area contributed by atoms with E-state index in [2.05, 4.69) is 0 Å². The molecule has 4 rings (SSSR count). The molecule has 9 heteroatoms. The topological polar surface area (TPSA) is 107 Å². The Labute approximate surface area is 239 Å². The summed E-state index contributed by atoms with van der Waals surface area (Å²) in [4.78, 5) is 36.3. The van der Waals surface area contributed by atoms with Gasteiger partial charge in [-0.25, -0.2) is 0 Å². The van der Waals surface area contributed by atoms with Gasteiger partial charge in [0.15, 0.2) is 24.6 Å². The number of esters is 3. The first-order valence-electron chi connectivity index (χ1n) is 13.3. The van der Waals surface area contributed by atoms with Crippen LogP contribution in [0.2, 0.25) is 0 Å². The maximum Gasteiger partial charge on any atom is 0.303 e. The second-order valence-corrected chi connectivity index (χ2v) is 9.59. The lowest BCUT2D eigenvalue weighted by Gasteiger charge is -2.45. The minimum atomic E-state index is -1.22. The van der Waals surface area contributed by atoms with E-state index in [1.807, 2.05) is 91.0 Å². The van der Waals surface area contributed by atoms with Crippen molar-refractivity contribution in [1.29, 1.82) is 0 Å². The van der Waals surface area contributed by atoms with E-state index in [9.17, 15) is 14.4 Å². The Morgan fingerprint density at radius 3 is 1.41 bits per heavy atom. The quantitative estimate of drug-likeness (QED) is 0.205. The average Bonchev–Trinajstić information content (AvgIpc) is 2.97. The Kier molecular flexibility index (Phi) is 9.88. The lowest BCUT2D eigenvalue weighted by Crippen LogP contribution is -2.63. The van der Waals surface area contributed by atoms with Crippen LogP contribution in [0.5, 0.6) is 0 Å². The molecule has 5 atom stereocenters. The molecular weight excluding hydrogens is 528 g/mol. The molecule has 0 aromatic heterocycles. The molecule has 1 aliphatic heterocycles. The molecule has 9 nitrogen and oxygen atoms in total. The van der Waals surface area contributed by atoms with Crippen LogP contribution in [0.25, 0.3) is 0 Å². The maximum atomic E-state index is 12.2. The Hall–Kier alpha value is -4.05. The molecule has 0 bridgehead atoms. The lowest BCUT2D eigenvalue weighted by molar-refractivity contribution is -0.306. The van der Waals surface area contributed by atoms with E-state index in [-0.39, 0.29) is 6.61 Å². The maximum absolute atomic E-state index is 12.2. The Bertz CT molecular complexity index is 1200. The van der Waals surface area contributed by atoms with E-state index in [1.54, 1.807) is 0 Å². The molecule has 0 spiro atoms. The molecule has 0 aliphatic carbocycles. The summed E-state index contributed by atoms with van der Waals surface area (Å²) in [5.74, 6) is -1.95. The van der Waals surface area contributed by atoms with Crippen LogP contribution < -0.4 is 0 Å². The Morgan fingerprint density at radius 1 is 0.634 bits per heavy atom. The summed E-state index contributed by atoms with van der Waals surface area (Å²) >= 11 is 0. The number of hydrogen-bond acceptors (Lipinski definition) is 9. The van der Waals surface area contributed by atoms with Gasteiger partial charge in [-0.15, -0.1) is 0 Å². The highest BCUT2D eigenvalue weighted by molar-refractivity contribution is 5.68. The first kappa shape index (κ1) is 29.9. The lowest BCUT2D eigenvalue weighted by atomic mass is 9.80. The van der Waals surface area contributed by atoms with Gasteiger partial charge in [-0.1, -0.05) is 91.0 Å². The minimum Gasteiger partial charge on any atom is -0.456 e. The van der Waals surface area contributed by atoms with Gasteiger partial charge in [0.25, 0.3) is 0 Å². The highest BCUT2D eigenvalue weighted by Crippen LogP contribution is 2.41. The van der Waals surface area contributed by atoms with Crippen molar-refractivity contribution < 1.29 is 42.8 Å². The zero-order valence-corrected chi connectivity index (χ0v) is 23.4. The van der Waals surface area contributed by atoms with Gasteiger partial charge in [0.2, 0.25) is 0 Å². The summed E-state index contributed by atoms with van der Waals surface area (Å²) in [6.07, 6.45) is -5.69. The van der Waals surface area contributed by atoms with Crippen molar-refractivity contribution in [2.45, 2.75) is 57.1 Å². The summed E-state index contributed by atoms with van der Waals surface area (Å²) in [5.41, 5.74) is 1.47. The van der Waals surface area contributed by atoms with E-state index in [0.717, 1.165) is 16.7 Å².